The highest BCUT2D eigenvalue weighted by atomic mass is 16.3. The summed E-state index contributed by atoms with van der Waals surface area (Å²) in [5, 5.41) is 22.2. The van der Waals surface area contributed by atoms with Crippen LogP contribution in [0.15, 0.2) is 36.4 Å². The average Bonchev–Trinajstić information content (AvgIpc) is 2.40. The summed E-state index contributed by atoms with van der Waals surface area (Å²) in [5.41, 5.74) is 4.31. The number of phenols is 1. The Morgan fingerprint density at radius 3 is 2.74 bits per heavy atom. The first kappa shape index (κ1) is 13.0. The van der Waals surface area contributed by atoms with Gasteiger partial charge in [-0.3, -0.25) is 0 Å². The van der Waals surface area contributed by atoms with E-state index in [1.165, 1.54) is 0 Å². The van der Waals surface area contributed by atoms with E-state index in [-0.39, 0.29) is 5.75 Å². The minimum Gasteiger partial charge on any atom is -0.508 e. The van der Waals surface area contributed by atoms with E-state index >= 15 is 0 Å². The van der Waals surface area contributed by atoms with Crippen molar-refractivity contribution in [3.05, 3.63) is 58.7 Å². The van der Waals surface area contributed by atoms with Crippen molar-refractivity contribution >= 4 is 5.69 Å². The van der Waals surface area contributed by atoms with E-state index in [9.17, 15) is 5.11 Å². The van der Waals surface area contributed by atoms with Crippen LogP contribution in [-0.2, 0) is 6.54 Å². The minimum atomic E-state index is 0.268. The Hall–Kier alpha value is -2.47. The molecule has 0 saturated carbocycles. The molecular formula is C16H16N2O. The summed E-state index contributed by atoms with van der Waals surface area (Å²) >= 11 is 0. The van der Waals surface area contributed by atoms with E-state index in [2.05, 4.69) is 11.4 Å². The van der Waals surface area contributed by atoms with Gasteiger partial charge in [-0.25, -0.2) is 0 Å². The first-order chi connectivity index (χ1) is 9.11. The Bertz CT molecular complexity index is 642. The van der Waals surface area contributed by atoms with Crippen LogP contribution in [0.1, 0.15) is 22.3 Å². The number of benzene rings is 2. The van der Waals surface area contributed by atoms with E-state index in [0.29, 0.717) is 12.1 Å². The summed E-state index contributed by atoms with van der Waals surface area (Å²) in [6.07, 6.45) is 0. The van der Waals surface area contributed by atoms with Gasteiger partial charge in [0.15, 0.2) is 0 Å². The van der Waals surface area contributed by atoms with Crippen LogP contribution in [0.25, 0.3) is 0 Å². The van der Waals surface area contributed by atoms with E-state index < -0.39 is 0 Å². The molecule has 0 saturated heterocycles. The van der Waals surface area contributed by atoms with E-state index in [1.807, 2.05) is 44.2 Å². The van der Waals surface area contributed by atoms with Crippen LogP contribution in [0.4, 0.5) is 5.69 Å². The zero-order chi connectivity index (χ0) is 13.8. The third-order valence-electron chi connectivity index (χ3n) is 3.09. The number of nitriles is 1. The lowest BCUT2D eigenvalue weighted by Gasteiger charge is -2.11. The van der Waals surface area contributed by atoms with Crippen molar-refractivity contribution in [3.63, 3.8) is 0 Å². The maximum Gasteiger partial charge on any atom is 0.120 e. The molecule has 0 aliphatic carbocycles. The number of rotatable bonds is 3. The van der Waals surface area contributed by atoms with Gasteiger partial charge in [0.1, 0.15) is 11.8 Å². The second-order valence-corrected chi connectivity index (χ2v) is 4.59. The lowest BCUT2D eigenvalue weighted by molar-refractivity contribution is 0.469. The summed E-state index contributed by atoms with van der Waals surface area (Å²) in [7, 11) is 0. The second kappa shape index (κ2) is 5.45. The van der Waals surface area contributed by atoms with Gasteiger partial charge in [-0.2, -0.15) is 5.26 Å². The van der Waals surface area contributed by atoms with Crippen molar-refractivity contribution < 1.29 is 5.11 Å². The Kier molecular flexibility index (Phi) is 3.72. The fourth-order valence-electron chi connectivity index (χ4n) is 2.01. The number of hydrogen-bond donors (Lipinski definition) is 2. The molecule has 0 aliphatic heterocycles. The van der Waals surface area contributed by atoms with Crippen molar-refractivity contribution in [1.29, 1.82) is 5.26 Å². The summed E-state index contributed by atoms with van der Waals surface area (Å²) < 4.78 is 0. The number of phenolic OH excluding ortho intramolecular Hbond substituents is 1. The molecule has 0 aromatic heterocycles. The molecule has 19 heavy (non-hydrogen) atoms. The molecule has 2 aromatic rings. The summed E-state index contributed by atoms with van der Waals surface area (Å²) in [6.45, 7) is 4.38. The Morgan fingerprint density at radius 2 is 2.00 bits per heavy atom. The third kappa shape index (κ3) is 2.86. The maximum absolute atomic E-state index is 9.79. The molecule has 0 bridgehead atoms. The van der Waals surface area contributed by atoms with Crippen molar-refractivity contribution in [2.24, 2.45) is 0 Å². The molecule has 0 radical (unpaired) electrons. The van der Waals surface area contributed by atoms with Gasteiger partial charge in [-0.1, -0.05) is 29.8 Å². The van der Waals surface area contributed by atoms with Gasteiger partial charge < -0.3 is 10.4 Å². The predicted octanol–water partition coefficient (Wildman–Crippen LogP) is 3.49. The number of aryl methyl sites for hydroxylation is 2. The standard InChI is InChI=1S/C16H16N2O/c1-11-6-7-16(19)13(8-11)10-18-15-5-3-4-12(2)14(15)9-17/h3-8,18-19H,10H2,1-2H3. The molecule has 3 nitrogen and oxygen atoms in total. The van der Waals surface area contributed by atoms with Gasteiger partial charge in [0.05, 0.1) is 11.3 Å². The Morgan fingerprint density at radius 1 is 1.21 bits per heavy atom. The van der Waals surface area contributed by atoms with E-state index in [4.69, 9.17) is 5.26 Å². The monoisotopic (exact) mass is 252 g/mol. The fourth-order valence-corrected chi connectivity index (χ4v) is 2.01. The second-order valence-electron chi connectivity index (χ2n) is 4.59. The van der Waals surface area contributed by atoms with Gasteiger partial charge in [0, 0.05) is 12.1 Å². The largest absolute Gasteiger partial charge is 0.508 e. The summed E-state index contributed by atoms with van der Waals surface area (Å²) in [5.74, 6) is 0.268. The van der Waals surface area contributed by atoms with Crippen LogP contribution >= 0.6 is 0 Å². The topological polar surface area (TPSA) is 56.0 Å². The number of aromatic hydroxyl groups is 1. The molecule has 0 atom stereocenters. The molecule has 3 heteroatoms. The number of anilines is 1. The summed E-state index contributed by atoms with van der Waals surface area (Å²) in [6, 6.07) is 13.4. The molecule has 0 spiro atoms. The van der Waals surface area contributed by atoms with Gasteiger partial charge in [0.25, 0.3) is 0 Å². The quantitative estimate of drug-likeness (QED) is 0.879. The highest BCUT2D eigenvalue weighted by Gasteiger charge is 2.06. The van der Waals surface area contributed by atoms with Crippen LogP contribution in [-0.4, -0.2) is 5.11 Å². The SMILES string of the molecule is Cc1ccc(O)c(CNc2cccc(C)c2C#N)c1. The molecule has 2 N–H and O–H groups in total. The molecule has 2 rings (SSSR count). The lowest BCUT2D eigenvalue weighted by Crippen LogP contribution is -2.02. The third-order valence-corrected chi connectivity index (χ3v) is 3.09. The van der Waals surface area contributed by atoms with Crippen LogP contribution < -0.4 is 5.32 Å². The molecular weight excluding hydrogens is 236 g/mol. The predicted molar refractivity (Wildman–Crippen MR) is 76.1 cm³/mol. The zero-order valence-corrected chi connectivity index (χ0v) is 11.1. The molecule has 2 aromatic carbocycles. The fraction of sp³-hybridized carbons (Fsp3) is 0.188. The molecule has 0 fully saturated rings. The van der Waals surface area contributed by atoms with Crippen LogP contribution in [0, 0.1) is 25.2 Å². The zero-order valence-electron chi connectivity index (χ0n) is 11.1. The smallest absolute Gasteiger partial charge is 0.120 e. The highest BCUT2D eigenvalue weighted by molar-refractivity contribution is 5.61. The molecule has 0 amide bonds. The molecule has 96 valence electrons. The first-order valence-corrected chi connectivity index (χ1v) is 6.14. The van der Waals surface area contributed by atoms with Crippen molar-refractivity contribution in [1.82, 2.24) is 0 Å². The van der Waals surface area contributed by atoms with Crippen LogP contribution in [0.3, 0.4) is 0 Å². The minimum absolute atomic E-state index is 0.268. The van der Waals surface area contributed by atoms with Crippen LogP contribution in [0.5, 0.6) is 5.75 Å². The number of nitrogens with one attached hydrogen (secondary N) is 1. The normalized spacial score (nSPS) is 9.95. The van der Waals surface area contributed by atoms with Gasteiger partial charge in [-0.15, -0.1) is 0 Å². The Labute approximate surface area is 113 Å². The maximum atomic E-state index is 9.79. The Balaban J connectivity index is 2.22. The van der Waals surface area contributed by atoms with Gasteiger partial charge in [-0.05, 0) is 31.5 Å². The van der Waals surface area contributed by atoms with E-state index in [0.717, 1.165) is 22.4 Å². The van der Waals surface area contributed by atoms with Gasteiger partial charge >= 0.3 is 0 Å². The molecule has 0 heterocycles. The highest BCUT2D eigenvalue weighted by Crippen LogP contribution is 2.22. The average molecular weight is 252 g/mol. The first-order valence-electron chi connectivity index (χ1n) is 6.14. The molecule has 0 aliphatic rings. The number of nitrogens with zero attached hydrogens (tertiary/aromatic N) is 1. The van der Waals surface area contributed by atoms with Gasteiger partial charge in [0.2, 0.25) is 0 Å². The van der Waals surface area contributed by atoms with Crippen molar-refractivity contribution in [2.75, 3.05) is 5.32 Å². The van der Waals surface area contributed by atoms with Crippen LogP contribution in [0.2, 0.25) is 0 Å². The van der Waals surface area contributed by atoms with Crippen molar-refractivity contribution in [3.8, 4) is 11.8 Å². The molecule has 0 unspecified atom stereocenters. The number of hydrogen-bond acceptors (Lipinski definition) is 3. The lowest BCUT2D eigenvalue weighted by atomic mass is 10.1. The van der Waals surface area contributed by atoms with E-state index in [1.54, 1.807) is 6.07 Å². The van der Waals surface area contributed by atoms with Crippen molar-refractivity contribution in [2.45, 2.75) is 20.4 Å². The summed E-state index contributed by atoms with van der Waals surface area (Å²) in [4.78, 5) is 0.